The maximum atomic E-state index is 5.78. The molecule has 0 atom stereocenters. The first-order valence-electron chi connectivity index (χ1n) is 6.42. The van der Waals surface area contributed by atoms with Crippen molar-refractivity contribution in [3.63, 3.8) is 0 Å². The monoisotopic (exact) mass is 252 g/mol. The molecule has 0 aromatic heterocycles. The highest BCUT2D eigenvalue weighted by Crippen LogP contribution is 2.31. The van der Waals surface area contributed by atoms with Gasteiger partial charge in [-0.1, -0.05) is 48.5 Å². The lowest BCUT2D eigenvalue weighted by atomic mass is 10.0. The summed E-state index contributed by atoms with van der Waals surface area (Å²) in [6.07, 6.45) is 0. The molecule has 0 fully saturated rings. The maximum absolute atomic E-state index is 5.78. The average Bonchev–Trinajstić information content (AvgIpc) is 2.47. The normalized spacial score (nSPS) is 11.0. The average molecular weight is 252 g/mol. The molecule has 2 nitrogen and oxygen atoms in total. The molecule has 0 aliphatic carbocycles. The molecule has 0 spiro atoms. The van der Waals surface area contributed by atoms with Crippen molar-refractivity contribution in [2.45, 2.75) is 0 Å². The second kappa shape index (κ2) is 5.29. The highest BCUT2D eigenvalue weighted by Gasteiger charge is 2.04. The van der Waals surface area contributed by atoms with Crippen LogP contribution in [0.3, 0.4) is 0 Å². The van der Waals surface area contributed by atoms with E-state index in [0.717, 1.165) is 11.1 Å². The third-order valence-corrected chi connectivity index (χ3v) is 3.29. The van der Waals surface area contributed by atoms with Gasteiger partial charge < -0.3 is 9.47 Å². The summed E-state index contributed by atoms with van der Waals surface area (Å²) in [7, 11) is 1.68. The molecular weight excluding hydrogens is 236 g/mol. The van der Waals surface area contributed by atoms with Crippen molar-refractivity contribution in [2.75, 3.05) is 20.3 Å². The number of rotatable bonds is 4. The molecule has 3 aromatic carbocycles. The molecule has 0 saturated carbocycles. The second-order valence-corrected chi connectivity index (χ2v) is 4.48. The van der Waals surface area contributed by atoms with E-state index in [0.29, 0.717) is 13.2 Å². The summed E-state index contributed by atoms with van der Waals surface area (Å²) < 4.78 is 10.8. The van der Waals surface area contributed by atoms with E-state index in [1.807, 2.05) is 12.1 Å². The minimum absolute atomic E-state index is 0.572. The van der Waals surface area contributed by atoms with Gasteiger partial charge in [0, 0.05) is 12.5 Å². The van der Waals surface area contributed by atoms with Crippen molar-refractivity contribution in [3.8, 4) is 5.75 Å². The number of benzene rings is 3. The van der Waals surface area contributed by atoms with Gasteiger partial charge in [-0.05, 0) is 22.2 Å². The Labute approximate surface area is 112 Å². The molecule has 3 aromatic rings. The quantitative estimate of drug-likeness (QED) is 0.516. The lowest BCUT2D eigenvalue weighted by Gasteiger charge is -2.10. The number of ether oxygens (including phenoxy) is 2. The summed E-state index contributed by atoms with van der Waals surface area (Å²) in [5.74, 6) is 0.917. The maximum Gasteiger partial charge on any atom is 0.127 e. The van der Waals surface area contributed by atoms with Gasteiger partial charge >= 0.3 is 0 Å². The second-order valence-electron chi connectivity index (χ2n) is 4.48. The molecule has 0 bridgehead atoms. The van der Waals surface area contributed by atoms with E-state index in [1.54, 1.807) is 7.11 Å². The number of fused-ring (bicyclic) bond motifs is 3. The lowest BCUT2D eigenvalue weighted by Crippen LogP contribution is -2.04. The van der Waals surface area contributed by atoms with Crippen LogP contribution in [0.1, 0.15) is 0 Å². The SMILES string of the molecule is COCCOc1cccc2c1ccc1ccccc12. The van der Waals surface area contributed by atoms with Gasteiger partial charge in [0.2, 0.25) is 0 Å². The molecule has 3 rings (SSSR count). The minimum atomic E-state index is 0.572. The van der Waals surface area contributed by atoms with Gasteiger partial charge in [-0.2, -0.15) is 0 Å². The van der Waals surface area contributed by atoms with Gasteiger partial charge in [0.25, 0.3) is 0 Å². The van der Waals surface area contributed by atoms with E-state index < -0.39 is 0 Å². The van der Waals surface area contributed by atoms with Crippen LogP contribution < -0.4 is 4.74 Å². The number of hydrogen-bond donors (Lipinski definition) is 0. The highest BCUT2D eigenvalue weighted by atomic mass is 16.5. The summed E-state index contributed by atoms with van der Waals surface area (Å²) in [6.45, 7) is 1.17. The Morgan fingerprint density at radius 2 is 1.58 bits per heavy atom. The molecule has 0 amide bonds. The van der Waals surface area contributed by atoms with Gasteiger partial charge in [0.1, 0.15) is 12.4 Å². The molecule has 0 aliphatic heterocycles. The fourth-order valence-electron chi connectivity index (χ4n) is 2.37. The Morgan fingerprint density at radius 3 is 2.47 bits per heavy atom. The van der Waals surface area contributed by atoms with Crippen LogP contribution in [0, 0.1) is 0 Å². The number of methoxy groups -OCH3 is 1. The first-order valence-corrected chi connectivity index (χ1v) is 6.42. The third-order valence-electron chi connectivity index (χ3n) is 3.29. The molecule has 0 radical (unpaired) electrons. The predicted molar refractivity (Wildman–Crippen MR) is 78.8 cm³/mol. The van der Waals surface area contributed by atoms with E-state index in [1.165, 1.54) is 16.2 Å². The molecule has 0 unspecified atom stereocenters. The van der Waals surface area contributed by atoms with Gasteiger partial charge in [0.15, 0.2) is 0 Å². The minimum Gasteiger partial charge on any atom is -0.491 e. The topological polar surface area (TPSA) is 18.5 Å². The first-order chi connectivity index (χ1) is 9.40. The Balaban J connectivity index is 2.12. The summed E-state index contributed by atoms with van der Waals surface area (Å²) in [4.78, 5) is 0. The molecule has 0 N–H and O–H groups in total. The van der Waals surface area contributed by atoms with Crippen molar-refractivity contribution < 1.29 is 9.47 Å². The smallest absolute Gasteiger partial charge is 0.127 e. The molecule has 96 valence electrons. The third kappa shape index (κ3) is 2.27. The van der Waals surface area contributed by atoms with Crippen LogP contribution >= 0.6 is 0 Å². The summed E-state index contributed by atoms with van der Waals surface area (Å²) >= 11 is 0. The van der Waals surface area contributed by atoms with Crippen LogP contribution in [0.15, 0.2) is 54.6 Å². The van der Waals surface area contributed by atoms with Crippen LogP contribution in [0.4, 0.5) is 0 Å². The zero-order valence-corrected chi connectivity index (χ0v) is 10.9. The van der Waals surface area contributed by atoms with Crippen LogP contribution in [-0.4, -0.2) is 20.3 Å². The van der Waals surface area contributed by atoms with E-state index in [2.05, 4.69) is 42.5 Å². The molecule has 0 aliphatic rings. The number of hydrogen-bond acceptors (Lipinski definition) is 2. The van der Waals surface area contributed by atoms with Gasteiger partial charge in [0.05, 0.1) is 6.61 Å². The summed E-state index contributed by atoms with van der Waals surface area (Å²) in [6, 6.07) is 18.9. The van der Waals surface area contributed by atoms with Gasteiger partial charge in [-0.15, -0.1) is 0 Å². The molecule has 0 saturated heterocycles. The molecular formula is C17H16O2. The Bertz CT molecular complexity index is 704. The van der Waals surface area contributed by atoms with Crippen LogP contribution in [0.5, 0.6) is 5.75 Å². The summed E-state index contributed by atoms with van der Waals surface area (Å²) in [5, 5.41) is 4.89. The van der Waals surface area contributed by atoms with Crippen molar-refractivity contribution in [3.05, 3.63) is 54.6 Å². The Kier molecular flexibility index (Phi) is 3.34. The molecule has 0 heterocycles. The van der Waals surface area contributed by atoms with Crippen molar-refractivity contribution >= 4 is 21.5 Å². The molecule has 19 heavy (non-hydrogen) atoms. The van der Waals surface area contributed by atoms with Crippen molar-refractivity contribution in [2.24, 2.45) is 0 Å². The van der Waals surface area contributed by atoms with E-state index in [-0.39, 0.29) is 0 Å². The molecule has 2 heteroatoms. The van der Waals surface area contributed by atoms with Crippen LogP contribution in [0.25, 0.3) is 21.5 Å². The standard InChI is InChI=1S/C17H16O2/c1-18-11-12-19-17-8-4-7-15-14-6-3-2-5-13(14)9-10-16(15)17/h2-10H,11-12H2,1H3. The zero-order valence-electron chi connectivity index (χ0n) is 10.9. The Morgan fingerprint density at radius 1 is 0.737 bits per heavy atom. The summed E-state index contributed by atoms with van der Waals surface area (Å²) in [5.41, 5.74) is 0. The van der Waals surface area contributed by atoms with Crippen molar-refractivity contribution in [1.29, 1.82) is 0 Å². The van der Waals surface area contributed by atoms with Gasteiger partial charge in [-0.25, -0.2) is 0 Å². The van der Waals surface area contributed by atoms with Crippen LogP contribution in [0.2, 0.25) is 0 Å². The van der Waals surface area contributed by atoms with Crippen molar-refractivity contribution in [1.82, 2.24) is 0 Å². The van der Waals surface area contributed by atoms with Crippen LogP contribution in [-0.2, 0) is 4.74 Å². The van der Waals surface area contributed by atoms with E-state index >= 15 is 0 Å². The highest BCUT2D eigenvalue weighted by molar-refractivity contribution is 6.09. The largest absolute Gasteiger partial charge is 0.491 e. The lowest BCUT2D eigenvalue weighted by molar-refractivity contribution is 0.147. The predicted octanol–water partition coefficient (Wildman–Crippen LogP) is 4.02. The zero-order chi connectivity index (χ0) is 13.1. The van der Waals surface area contributed by atoms with Gasteiger partial charge in [-0.3, -0.25) is 0 Å². The fraction of sp³-hybridized carbons (Fsp3) is 0.176. The van der Waals surface area contributed by atoms with E-state index in [4.69, 9.17) is 9.47 Å². The Hall–Kier alpha value is -2.06. The first kappa shape index (κ1) is 12.0. The fourth-order valence-corrected chi connectivity index (χ4v) is 2.37. The van der Waals surface area contributed by atoms with E-state index in [9.17, 15) is 0 Å².